The Hall–Kier alpha value is -0.870. The highest BCUT2D eigenvalue weighted by molar-refractivity contribution is 7.09. The van der Waals surface area contributed by atoms with Gasteiger partial charge in [0, 0.05) is 17.5 Å². The van der Waals surface area contributed by atoms with E-state index in [1.54, 1.807) is 11.3 Å². The molecule has 1 heterocycles. The van der Waals surface area contributed by atoms with Crippen LogP contribution in [-0.4, -0.2) is 35.6 Å². The first-order valence-electron chi connectivity index (χ1n) is 8.07. The van der Waals surface area contributed by atoms with Crippen LogP contribution in [0, 0.1) is 11.8 Å². The topological polar surface area (TPSA) is 40.5 Å². The lowest BCUT2D eigenvalue weighted by atomic mass is 9.76. The third kappa shape index (κ3) is 4.55. The van der Waals surface area contributed by atoms with E-state index in [1.165, 1.54) is 17.7 Å². The van der Waals surface area contributed by atoms with E-state index in [2.05, 4.69) is 36.4 Å². The molecule has 0 radical (unpaired) electrons. The minimum atomic E-state index is -0.613. The SMILES string of the molecule is CCCC1CCC(C(=O)O)C(N(C)CCc2cccs2)C1. The second-order valence-corrected chi connectivity index (χ2v) is 7.32. The predicted molar refractivity (Wildman–Crippen MR) is 87.8 cm³/mol. The van der Waals surface area contributed by atoms with Crippen molar-refractivity contribution < 1.29 is 9.90 Å². The Bertz CT molecular complexity index is 432. The number of carbonyl (C=O) groups is 1. The number of likely N-dealkylation sites (N-methyl/N-ethyl adjacent to an activating group) is 1. The first kappa shape index (κ1) is 16.5. The van der Waals surface area contributed by atoms with Crippen LogP contribution in [0.25, 0.3) is 0 Å². The number of rotatable bonds is 7. The lowest BCUT2D eigenvalue weighted by Gasteiger charge is -2.39. The van der Waals surface area contributed by atoms with Crippen molar-refractivity contribution in [2.45, 2.75) is 51.5 Å². The van der Waals surface area contributed by atoms with E-state index in [9.17, 15) is 9.90 Å². The molecule has 4 heteroatoms. The number of carboxylic acid groups (broad SMARTS) is 1. The zero-order valence-electron chi connectivity index (χ0n) is 13.1. The molecule has 3 unspecified atom stereocenters. The summed E-state index contributed by atoms with van der Waals surface area (Å²) in [5.74, 6) is -0.0934. The summed E-state index contributed by atoms with van der Waals surface area (Å²) in [6.07, 6.45) is 6.44. The normalized spacial score (nSPS) is 26.1. The summed E-state index contributed by atoms with van der Waals surface area (Å²) < 4.78 is 0. The van der Waals surface area contributed by atoms with Gasteiger partial charge >= 0.3 is 5.97 Å². The Labute approximate surface area is 132 Å². The van der Waals surface area contributed by atoms with Gasteiger partial charge in [-0.15, -0.1) is 11.3 Å². The molecule has 1 aromatic rings. The molecule has 0 aliphatic heterocycles. The highest BCUT2D eigenvalue weighted by atomic mass is 32.1. The van der Waals surface area contributed by atoms with Gasteiger partial charge in [-0.3, -0.25) is 4.79 Å². The van der Waals surface area contributed by atoms with Gasteiger partial charge in [0.15, 0.2) is 0 Å². The average molecular weight is 309 g/mol. The molecule has 118 valence electrons. The molecule has 2 rings (SSSR count). The minimum absolute atomic E-state index is 0.188. The number of hydrogen-bond donors (Lipinski definition) is 1. The third-order valence-electron chi connectivity index (χ3n) is 4.80. The Morgan fingerprint density at radius 1 is 1.48 bits per heavy atom. The van der Waals surface area contributed by atoms with Crippen LogP contribution in [0.5, 0.6) is 0 Å². The monoisotopic (exact) mass is 309 g/mol. The number of thiophene rings is 1. The first-order chi connectivity index (χ1) is 10.1. The van der Waals surface area contributed by atoms with Crippen molar-refractivity contribution >= 4 is 17.3 Å². The summed E-state index contributed by atoms with van der Waals surface area (Å²) in [5.41, 5.74) is 0. The molecule has 0 aromatic carbocycles. The van der Waals surface area contributed by atoms with Crippen molar-refractivity contribution in [3.05, 3.63) is 22.4 Å². The standard InChI is InChI=1S/C17H27NO2S/c1-3-5-13-7-8-15(17(19)20)16(12-13)18(2)10-9-14-6-4-11-21-14/h4,6,11,13,15-16H,3,5,7-10,12H2,1-2H3,(H,19,20). The molecule has 1 fully saturated rings. The smallest absolute Gasteiger partial charge is 0.308 e. The molecule has 0 bridgehead atoms. The Morgan fingerprint density at radius 3 is 2.90 bits per heavy atom. The van der Waals surface area contributed by atoms with Gasteiger partial charge in [0.1, 0.15) is 0 Å². The van der Waals surface area contributed by atoms with Crippen LogP contribution in [0.2, 0.25) is 0 Å². The fraction of sp³-hybridized carbons (Fsp3) is 0.706. The van der Waals surface area contributed by atoms with Crippen molar-refractivity contribution in [2.24, 2.45) is 11.8 Å². The van der Waals surface area contributed by atoms with Crippen LogP contribution >= 0.6 is 11.3 Å². The average Bonchev–Trinajstić information content (AvgIpc) is 2.98. The molecule has 3 nitrogen and oxygen atoms in total. The number of hydrogen-bond acceptors (Lipinski definition) is 3. The molecule has 0 spiro atoms. The molecule has 1 aromatic heterocycles. The van der Waals surface area contributed by atoms with E-state index in [1.807, 2.05) is 0 Å². The van der Waals surface area contributed by atoms with Crippen LogP contribution < -0.4 is 0 Å². The first-order valence-corrected chi connectivity index (χ1v) is 8.95. The number of aliphatic carboxylic acids is 1. The van der Waals surface area contributed by atoms with Crippen molar-refractivity contribution in [2.75, 3.05) is 13.6 Å². The van der Waals surface area contributed by atoms with Crippen LogP contribution in [0.15, 0.2) is 17.5 Å². The maximum atomic E-state index is 11.5. The van der Waals surface area contributed by atoms with E-state index < -0.39 is 5.97 Å². The van der Waals surface area contributed by atoms with Crippen molar-refractivity contribution in [3.63, 3.8) is 0 Å². The van der Waals surface area contributed by atoms with Gasteiger partial charge in [-0.25, -0.2) is 0 Å². The Balaban J connectivity index is 1.95. The molecular weight excluding hydrogens is 282 g/mol. The lowest BCUT2D eigenvalue weighted by molar-refractivity contribution is -0.146. The minimum Gasteiger partial charge on any atom is -0.481 e. The summed E-state index contributed by atoms with van der Waals surface area (Å²) >= 11 is 1.78. The van der Waals surface area contributed by atoms with Gasteiger partial charge in [-0.2, -0.15) is 0 Å². The van der Waals surface area contributed by atoms with Gasteiger partial charge in [-0.1, -0.05) is 25.8 Å². The molecule has 1 N–H and O–H groups in total. The lowest BCUT2D eigenvalue weighted by Crippen LogP contribution is -2.46. The molecule has 0 saturated heterocycles. The van der Waals surface area contributed by atoms with Crippen molar-refractivity contribution in [1.82, 2.24) is 4.90 Å². The zero-order chi connectivity index (χ0) is 15.2. The van der Waals surface area contributed by atoms with Gasteiger partial charge in [-0.05, 0) is 50.1 Å². The maximum absolute atomic E-state index is 11.5. The summed E-state index contributed by atoms with van der Waals surface area (Å²) in [6, 6.07) is 4.44. The zero-order valence-corrected chi connectivity index (χ0v) is 13.9. The van der Waals surface area contributed by atoms with Crippen LogP contribution in [0.4, 0.5) is 0 Å². The van der Waals surface area contributed by atoms with Gasteiger partial charge in [0.05, 0.1) is 5.92 Å². The second-order valence-electron chi connectivity index (χ2n) is 6.29. The van der Waals surface area contributed by atoms with Crippen molar-refractivity contribution in [1.29, 1.82) is 0 Å². The summed E-state index contributed by atoms with van der Waals surface area (Å²) in [7, 11) is 2.10. The quantitative estimate of drug-likeness (QED) is 0.830. The molecule has 1 saturated carbocycles. The second kappa shape index (κ2) is 7.95. The summed E-state index contributed by atoms with van der Waals surface area (Å²) in [6.45, 7) is 3.17. The fourth-order valence-electron chi connectivity index (χ4n) is 3.58. The highest BCUT2D eigenvalue weighted by Gasteiger charge is 2.36. The number of carboxylic acids is 1. The summed E-state index contributed by atoms with van der Waals surface area (Å²) in [4.78, 5) is 15.2. The highest BCUT2D eigenvalue weighted by Crippen LogP contribution is 2.34. The van der Waals surface area contributed by atoms with E-state index in [-0.39, 0.29) is 12.0 Å². The number of nitrogens with zero attached hydrogens (tertiary/aromatic N) is 1. The van der Waals surface area contributed by atoms with Gasteiger partial charge < -0.3 is 10.0 Å². The largest absolute Gasteiger partial charge is 0.481 e. The van der Waals surface area contributed by atoms with Crippen LogP contribution in [0.3, 0.4) is 0 Å². The predicted octanol–water partition coefficient (Wildman–Crippen LogP) is 3.89. The van der Waals surface area contributed by atoms with E-state index in [4.69, 9.17) is 0 Å². The third-order valence-corrected chi connectivity index (χ3v) is 5.73. The van der Waals surface area contributed by atoms with E-state index >= 15 is 0 Å². The molecule has 0 amide bonds. The Morgan fingerprint density at radius 2 is 2.29 bits per heavy atom. The molecular formula is C17H27NO2S. The van der Waals surface area contributed by atoms with Gasteiger partial charge in [0.25, 0.3) is 0 Å². The molecule has 1 aliphatic carbocycles. The molecule has 3 atom stereocenters. The van der Waals surface area contributed by atoms with Crippen LogP contribution in [0.1, 0.15) is 43.9 Å². The van der Waals surface area contributed by atoms with Crippen molar-refractivity contribution in [3.8, 4) is 0 Å². The maximum Gasteiger partial charge on any atom is 0.308 e. The fourth-order valence-corrected chi connectivity index (χ4v) is 4.28. The van der Waals surface area contributed by atoms with E-state index in [0.29, 0.717) is 5.92 Å². The van der Waals surface area contributed by atoms with Gasteiger partial charge in [0.2, 0.25) is 0 Å². The molecule has 21 heavy (non-hydrogen) atoms. The van der Waals surface area contributed by atoms with E-state index in [0.717, 1.165) is 32.2 Å². The van der Waals surface area contributed by atoms with Crippen LogP contribution in [-0.2, 0) is 11.2 Å². The Kier molecular flexibility index (Phi) is 6.24. The molecule has 1 aliphatic rings. The summed E-state index contributed by atoms with van der Waals surface area (Å²) in [5, 5.41) is 11.6.